The van der Waals surface area contributed by atoms with Crippen LogP contribution in [0.4, 0.5) is 0 Å². The fourth-order valence-electron chi connectivity index (χ4n) is 4.80. The van der Waals surface area contributed by atoms with Crippen LogP contribution in [0, 0.1) is 13.8 Å². The topological polar surface area (TPSA) is 84.5 Å². The SMILES string of the molecule is Cc1cccc(-n2cnc(C(=O)N3CC(C)N(C(=O)c4oc5ccc(Cl)cc5c4C)C(C)C3)n2)c1. The predicted octanol–water partition coefficient (Wildman–Crippen LogP) is 4.66. The summed E-state index contributed by atoms with van der Waals surface area (Å²) in [6.07, 6.45) is 1.55. The molecule has 180 valence electrons. The van der Waals surface area contributed by atoms with E-state index in [0.29, 0.717) is 29.5 Å². The van der Waals surface area contributed by atoms with Gasteiger partial charge in [0.25, 0.3) is 11.8 Å². The molecule has 0 spiro atoms. The van der Waals surface area contributed by atoms with Crippen LogP contribution in [0.25, 0.3) is 16.7 Å². The molecule has 0 radical (unpaired) electrons. The van der Waals surface area contributed by atoms with Crippen molar-refractivity contribution in [1.82, 2.24) is 24.6 Å². The molecule has 1 aliphatic rings. The van der Waals surface area contributed by atoms with Gasteiger partial charge in [0.15, 0.2) is 5.76 Å². The van der Waals surface area contributed by atoms with E-state index in [1.807, 2.05) is 52.0 Å². The van der Waals surface area contributed by atoms with Crippen LogP contribution in [0.3, 0.4) is 0 Å². The molecule has 2 atom stereocenters. The Balaban J connectivity index is 1.34. The van der Waals surface area contributed by atoms with Crippen molar-refractivity contribution in [3.05, 3.63) is 76.5 Å². The lowest BCUT2D eigenvalue weighted by atomic mass is 10.1. The van der Waals surface area contributed by atoms with Crippen molar-refractivity contribution in [1.29, 1.82) is 0 Å². The standard InChI is InChI=1S/C26H26ClN5O3/c1-15-6-5-7-20(10-15)31-14-28-24(29-31)26(34)30-12-16(2)32(17(3)13-30)25(33)23-18(4)21-11-19(27)8-9-22(21)35-23/h5-11,14,16-17H,12-13H2,1-4H3. The zero-order chi connectivity index (χ0) is 24.9. The number of furan rings is 1. The van der Waals surface area contributed by atoms with Crippen molar-refractivity contribution in [2.24, 2.45) is 0 Å². The third kappa shape index (κ3) is 4.18. The number of aryl methyl sites for hydroxylation is 2. The van der Waals surface area contributed by atoms with Gasteiger partial charge < -0.3 is 14.2 Å². The highest BCUT2D eigenvalue weighted by Crippen LogP contribution is 2.30. The Bertz CT molecular complexity index is 1430. The van der Waals surface area contributed by atoms with Gasteiger partial charge in [-0.3, -0.25) is 9.59 Å². The Morgan fingerprint density at radius 1 is 1.03 bits per heavy atom. The molecule has 2 amide bonds. The first kappa shape index (κ1) is 23.1. The Hall–Kier alpha value is -3.65. The third-order valence-corrected chi connectivity index (χ3v) is 6.72. The van der Waals surface area contributed by atoms with Crippen molar-refractivity contribution < 1.29 is 14.0 Å². The highest BCUT2D eigenvalue weighted by molar-refractivity contribution is 6.31. The molecule has 0 saturated carbocycles. The Morgan fingerprint density at radius 3 is 2.49 bits per heavy atom. The van der Waals surface area contributed by atoms with E-state index in [1.54, 1.807) is 39.0 Å². The molecule has 5 rings (SSSR count). The van der Waals surface area contributed by atoms with Gasteiger partial charge in [0.05, 0.1) is 5.69 Å². The number of amides is 2. The first-order valence-corrected chi connectivity index (χ1v) is 11.9. The van der Waals surface area contributed by atoms with E-state index >= 15 is 0 Å². The monoisotopic (exact) mass is 491 g/mol. The molecule has 0 N–H and O–H groups in total. The molecule has 3 heterocycles. The lowest BCUT2D eigenvalue weighted by Gasteiger charge is -2.43. The number of aromatic nitrogens is 3. The molecule has 2 aromatic heterocycles. The van der Waals surface area contributed by atoms with Crippen LogP contribution in [0.2, 0.25) is 5.02 Å². The van der Waals surface area contributed by atoms with E-state index in [9.17, 15) is 9.59 Å². The fraction of sp³-hybridized carbons (Fsp3) is 0.308. The minimum Gasteiger partial charge on any atom is -0.451 e. The number of hydrogen-bond donors (Lipinski definition) is 0. The molecule has 1 fully saturated rings. The summed E-state index contributed by atoms with van der Waals surface area (Å²) in [6.45, 7) is 8.47. The molecule has 8 nitrogen and oxygen atoms in total. The van der Waals surface area contributed by atoms with Crippen molar-refractivity contribution in [2.45, 2.75) is 39.8 Å². The van der Waals surface area contributed by atoms with Gasteiger partial charge in [-0.15, -0.1) is 5.10 Å². The molecule has 0 aliphatic carbocycles. The van der Waals surface area contributed by atoms with Crippen LogP contribution >= 0.6 is 11.6 Å². The average molecular weight is 492 g/mol. The number of halogens is 1. The maximum absolute atomic E-state index is 13.5. The normalized spacial score (nSPS) is 18.3. The minimum atomic E-state index is -0.253. The van der Waals surface area contributed by atoms with E-state index in [-0.39, 0.29) is 29.7 Å². The molecule has 4 aromatic rings. The lowest BCUT2D eigenvalue weighted by molar-refractivity contribution is 0.0231. The van der Waals surface area contributed by atoms with E-state index in [1.165, 1.54) is 0 Å². The van der Waals surface area contributed by atoms with Crippen molar-refractivity contribution in [2.75, 3.05) is 13.1 Å². The molecule has 35 heavy (non-hydrogen) atoms. The first-order valence-electron chi connectivity index (χ1n) is 11.5. The minimum absolute atomic E-state index is 0.135. The quantitative estimate of drug-likeness (QED) is 0.416. The second-order valence-electron chi connectivity index (χ2n) is 9.17. The highest BCUT2D eigenvalue weighted by Gasteiger charge is 2.38. The molecular weight excluding hydrogens is 466 g/mol. The number of carbonyl (C=O) groups is 2. The van der Waals surface area contributed by atoms with Crippen molar-refractivity contribution in [3.8, 4) is 5.69 Å². The van der Waals surface area contributed by atoms with E-state index in [2.05, 4.69) is 10.1 Å². The van der Waals surface area contributed by atoms with Gasteiger partial charge in [0, 0.05) is 41.1 Å². The Morgan fingerprint density at radius 2 is 1.77 bits per heavy atom. The van der Waals surface area contributed by atoms with Crippen LogP contribution in [0.5, 0.6) is 0 Å². The van der Waals surface area contributed by atoms with Crippen LogP contribution in [-0.4, -0.2) is 61.6 Å². The number of piperazine rings is 1. The first-order chi connectivity index (χ1) is 16.7. The Kier molecular flexibility index (Phi) is 5.84. The summed E-state index contributed by atoms with van der Waals surface area (Å²) in [6, 6.07) is 12.7. The fourth-order valence-corrected chi connectivity index (χ4v) is 4.97. The summed E-state index contributed by atoms with van der Waals surface area (Å²) in [4.78, 5) is 34.4. The van der Waals surface area contributed by atoms with Crippen LogP contribution < -0.4 is 0 Å². The number of hydrogen-bond acceptors (Lipinski definition) is 5. The molecule has 9 heteroatoms. The maximum atomic E-state index is 13.5. The summed E-state index contributed by atoms with van der Waals surface area (Å²) in [5, 5.41) is 5.81. The molecule has 0 bridgehead atoms. The number of fused-ring (bicyclic) bond motifs is 1. The highest BCUT2D eigenvalue weighted by atomic mass is 35.5. The van der Waals surface area contributed by atoms with E-state index in [0.717, 1.165) is 22.2 Å². The third-order valence-electron chi connectivity index (χ3n) is 6.48. The van der Waals surface area contributed by atoms with Gasteiger partial charge in [-0.05, 0) is 63.6 Å². The van der Waals surface area contributed by atoms with Gasteiger partial charge >= 0.3 is 0 Å². The van der Waals surface area contributed by atoms with E-state index in [4.69, 9.17) is 16.0 Å². The number of rotatable bonds is 3. The number of carbonyl (C=O) groups excluding carboxylic acids is 2. The molecule has 1 saturated heterocycles. The summed E-state index contributed by atoms with van der Waals surface area (Å²) >= 11 is 6.13. The lowest BCUT2D eigenvalue weighted by Crippen LogP contribution is -2.59. The van der Waals surface area contributed by atoms with Crippen molar-refractivity contribution in [3.63, 3.8) is 0 Å². The summed E-state index contributed by atoms with van der Waals surface area (Å²) in [5.74, 6) is -0.00414. The van der Waals surface area contributed by atoms with Gasteiger partial charge in [-0.2, -0.15) is 0 Å². The molecule has 1 aliphatic heterocycles. The summed E-state index contributed by atoms with van der Waals surface area (Å²) < 4.78 is 7.51. The van der Waals surface area contributed by atoms with Gasteiger partial charge in [-0.25, -0.2) is 9.67 Å². The predicted molar refractivity (Wildman–Crippen MR) is 133 cm³/mol. The van der Waals surface area contributed by atoms with Gasteiger partial charge in [0.2, 0.25) is 5.82 Å². The second-order valence-corrected chi connectivity index (χ2v) is 9.61. The average Bonchev–Trinajstić information content (AvgIpc) is 3.43. The molecule has 2 aromatic carbocycles. The number of nitrogens with zero attached hydrogens (tertiary/aromatic N) is 5. The maximum Gasteiger partial charge on any atom is 0.293 e. The summed E-state index contributed by atoms with van der Waals surface area (Å²) in [7, 11) is 0. The smallest absolute Gasteiger partial charge is 0.293 e. The van der Waals surface area contributed by atoms with Crippen LogP contribution in [0.1, 0.15) is 46.1 Å². The summed E-state index contributed by atoms with van der Waals surface area (Å²) in [5.41, 5.74) is 3.32. The van der Waals surface area contributed by atoms with Crippen molar-refractivity contribution >= 4 is 34.4 Å². The zero-order valence-corrected chi connectivity index (χ0v) is 20.8. The van der Waals surface area contributed by atoms with Gasteiger partial charge in [-0.1, -0.05) is 23.7 Å². The second kappa shape index (κ2) is 8.85. The van der Waals surface area contributed by atoms with Gasteiger partial charge in [0.1, 0.15) is 11.9 Å². The van der Waals surface area contributed by atoms with Crippen LogP contribution in [0.15, 0.2) is 53.2 Å². The molecule has 2 unspecified atom stereocenters. The zero-order valence-electron chi connectivity index (χ0n) is 20.0. The number of benzene rings is 2. The van der Waals surface area contributed by atoms with E-state index < -0.39 is 0 Å². The largest absolute Gasteiger partial charge is 0.451 e. The molecular formula is C26H26ClN5O3. The van der Waals surface area contributed by atoms with Crippen LogP contribution in [-0.2, 0) is 0 Å². The Labute approximate surface area is 208 Å².